The van der Waals surface area contributed by atoms with Crippen LogP contribution in [0.25, 0.3) is 10.9 Å². The van der Waals surface area contributed by atoms with Gasteiger partial charge in [-0.05, 0) is 48.8 Å². The van der Waals surface area contributed by atoms with Crippen LogP contribution in [0.1, 0.15) is 50.5 Å². The number of para-hydroxylation sites is 1. The Hall–Kier alpha value is -3.42. The molecule has 1 unspecified atom stereocenters. The number of nitrogens with two attached hydrogens (primary N) is 2. The zero-order chi connectivity index (χ0) is 29.9. The average Bonchev–Trinajstić information content (AvgIpc) is 3.60. The zero-order valence-corrected chi connectivity index (χ0v) is 24.0. The lowest BCUT2D eigenvalue weighted by Crippen LogP contribution is -2.57. The second-order valence-electron chi connectivity index (χ2n) is 10.5. The first-order valence-corrected chi connectivity index (χ1v) is 15.2. The molecule has 1 heterocycles. The van der Waals surface area contributed by atoms with E-state index >= 15 is 0 Å². The zero-order valence-electron chi connectivity index (χ0n) is 23.2. The molecule has 1 fully saturated rings. The van der Waals surface area contributed by atoms with Crippen molar-refractivity contribution in [3.63, 3.8) is 0 Å². The Morgan fingerprint density at radius 2 is 1.66 bits per heavy atom. The number of hydrogen-bond acceptors (Lipinski definition) is 8. The van der Waals surface area contributed by atoms with E-state index in [-0.39, 0.29) is 12.8 Å². The number of H-pyrrole nitrogens is 1. The van der Waals surface area contributed by atoms with Crippen LogP contribution in [0.15, 0.2) is 30.5 Å². The summed E-state index contributed by atoms with van der Waals surface area (Å²) in [7, 11) is 0. The van der Waals surface area contributed by atoms with Crippen LogP contribution in [-0.4, -0.2) is 75.9 Å². The summed E-state index contributed by atoms with van der Waals surface area (Å²) in [5.74, 6) is -3.55. The highest BCUT2D eigenvalue weighted by atomic mass is 32.2. The van der Waals surface area contributed by atoms with Gasteiger partial charge in [0.25, 0.3) is 0 Å². The Balaban J connectivity index is 1.62. The van der Waals surface area contributed by atoms with Gasteiger partial charge in [0.15, 0.2) is 0 Å². The molecule has 0 saturated heterocycles. The molecule has 0 aliphatic heterocycles. The molecule has 0 bridgehead atoms. The van der Waals surface area contributed by atoms with Crippen LogP contribution in [0.3, 0.4) is 0 Å². The normalized spacial score (nSPS) is 16.5. The fraction of sp³-hybridized carbons (Fsp3) is 0.536. The molecule has 12 nitrogen and oxygen atoms in total. The lowest BCUT2D eigenvalue weighted by molar-refractivity contribution is -0.142. The standard InChI is InChI=1S/C28H40N6O6S/c1-41-11-10-22(32-25(37)20(30)13-17-15-31-21-9-5-4-8-18(17)21)27(39)33-23(14-24(35)36)28(40)34-26(38)19(29)12-16-6-2-3-7-16/h4-5,8-9,15-16,19-20,22-23,31H,2-3,6-7,10-14,29-30H2,1H3,(H,32,37)(H,33,39)(H,35,36)(H,34,38,40)/t19?,20-,22-,23-/m0/s1. The van der Waals surface area contributed by atoms with Gasteiger partial charge >= 0.3 is 5.97 Å². The van der Waals surface area contributed by atoms with Crippen molar-refractivity contribution in [2.75, 3.05) is 12.0 Å². The highest BCUT2D eigenvalue weighted by Crippen LogP contribution is 2.28. The van der Waals surface area contributed by atoms with Crippen LogP contribution in [0.4, 0.5) is 0 Å². The monoisotopic (exact) mass is 588 g/mol. The topological polar surface area (TPSA) is 209 Å². The average molecular weight is 589 g/mol. The van der Waals surface area contributed by atoms with Gasteiger partial charge in [-0.15, -0.1) is 0 Å². The van der Waals surface area contributed by atoms with E-state index in [0.29, 0.717) is 18.1 Å². The fourth-order valence-electron chi connectivity index (χ4n) is 5.08. The first-order valence-electron chi connectivity index (χ1n) is 13.8. The Morgan fingerprint density at radius 1 is 0.976 bits per heavy atom. The van der Waals surface area contributed by atoms with Gasteiger partial charge in [0.2, 0.25) is 23.6 Å². The van der Waals surface area contributed by atoms with Gasteiger partial charge in [-0.25, -0.2) is 0 Å². The third kappa shape index (κ3) is 9.58. The summed E-state index contributed by atoms with van der Waals surface area (Å²) in [4.78, 5) is 66.1. The van der Waals surface area contributed by atoms with Crippen LogP contribution in [0.5, 0.6) is 0 Å². The molecule has 13 heteroatoms. The van der Waals surface area contributed by atoms with Crippen molar-refractivity contribution in [2.24, 2.45) is 17.4 Å². The summed E-state index contributed by atoms with van der Waals surface area (Å²) < 4.78 is 0. The molecular formula is C28H40N6O6S. The Labute approximate surface area is 243 Å². The lowest BCUT2D eigenvalue weighted by atomic mass is 9.98. The number of rotatable bonds is 15. The SMILES string of the molecule is CSCC[C@H](NC(=O)[C@@H](N)Cc1c[nH]c2ccccc12)C(=O)N[C@@H](CC(=O)O)C(=O)NC(=O)C(N)CC1CCCC1. The molecule has 1 saturated carbocycles. The smallest absolute Gasteiger partial charge is 0.305 e. The number of thioether (sulfide) groups is 1. The van der Waals surface area contributed by atoms with Gasteiger partial charge in [0.1, 0.15) is 12.1 Å². The van der Waals surface area contributed by atoms with E-state index in [9.17, 15) is 29.1 Å². The second kappa shape index (κ2) is 15.5. The number of aliphatic carboxylic acids is 1. The van der Waals surface area contributed by atoms with Crippen molar-refractivity contribution in [2.45, 2.75) is 75.5 Å². The number of amides is 4. The molecule has 4 amide bonds. The minimum Gasteiger partial charge on any atom is -0.481 e. The molecule has 4 atom stereocenters. The molecule has 1 aromatic heterocycles. The number of hydrogen-bond donors (Lipinski definition) is 7. The molecule has 224 valence electrons. The van der Waals surface area contributed by atoms with Crippen LogP contribution >= 0.6 is 11.8 Å². The molecule has 0 radical (unpaired) electrons. The largest absolute Gasteiger partial charge is 0.481 e. The predicted molar refractivity (Wildman–Crippen MR) is 157 cm³/mol. The van der Waals surface area contributed by atoms with E-state index in [4.69, 9.17) is 11.5 Å². The summed E-state index contributed by atoms with van der Waals surface area (Å²) in [6.45, 7) is 0. The minimum absolute atomic E-state index is 0.213. The number of carboxylic acids is 1. The molecule has 1 aliphatic rings. The van der Waals surface area contributed by atoms with Crippen molar-refractivity contribution in [1.29, 1.82) is 0 Å². The quantitative estimate of drug-likeness (QED) is 0.157. The van der Waals surface area contributed by atoms with Crippen LogP contribution in [0.2, 0.25) is 0 Å². The molecule has 9 N–H and O–H groups in total. The number of carbonyl (C=O) groups excluding carboxylic acids is 4. The molecular weight excluding hydrogens is 548 g/mol. The highest BCUT2D eigenvalue weighted by molar-refractivity contribution is 7.98. The number of nitrogens with one attached hydrogen (secondary N) is 4. The van der Waals surface area contributed by atoms with Crippen molar-refractivity contribution < 1.29 is 29.1 Å². The van der Waals surface area contributed by atoms with Gasteiger partial charge < -0.3 is 32.2 Å². The number of aromatic amines is 1. The first-order chi connectivity index (χ1) is 19.6. The third-order valence-corrected chi connectivity index (χ3v) is 8.00. The minimum atomic E-state index is -1.55. The number of carboxylic acid groups (broad SMARTS) is 1. The number of fused-ring (bicyclic) bond motifs is 1. The van der Waals surface area contributed by atoms with Gasteiger partial charge in [-0.3, -0.25) is 29.3 Å². The highest BCUT2D eigenvalue weighted by Gasteiger charge is 2.31. The summed E-state index contributed by atoms with van der Waals surface area (Å²) in [6.07, 6.45) is 7.82. The van der Waals surface area contributed by atoms with Gasteiger partial charge in [0, 0.05) is 17.1 Å². The van der Waals surface area contributed by atoms with E-state index in [1.165, 1.54) is 11.8 Å². The van der Waals surface area contributed by atoms with Crippen molar-refractivity contribution in [3.8, 4) is 0 Å². The van der Waals surface area contributed by atoms with Gasteiger partial charge in [-0.1, -0.05) is 43.9 Å². The van der Waals surface area contributed by atoms with Crippen molar-refractivity contribution in [1.82, 2.24) is 20.9 Å². The maximum absolute atomic E-state index is 13.2. The third-order valence-electron chi connectivity index (χ3n) is 7.35. The van der Waals surface area contributed by atoms with E-state index in [0.717, 1.165) is 42.1 Å². The van der Waals surface area contributed by atoms with Crippen LogP contribution < -0.4 is 27.4 Å². The van der Waals surface area contributed by atoms with Crippen LogP contribution in [0, 0.1) is 5.92 Å². The maximum atomic E-state index is 13.2. The summed E-state index contributed by atoms with van der Waals surface area (Å²) in [6, 6.07) is 3.10. The number of carbonyl (C=O) groups is 5. The molecule has 41 heavy (non-hydrogen) atoms. The molecule has 0 spiro atoms. The number of aromatic nitrogens is 1. The van der Waals surface area contributed by atoms with E-state index in [1.807, 2.05) is 30.5 Å². The fourth-order valence-corrected chi connectivity index (χ4v) is 5.55. The summed E-state index contributed by atoms with van der Waals surface area (Å²) >= 11 is 1.45. The molecule has 1 aromatic carbocycles. The first kappa shape index (κ1) is 32.1. The Kier molecular flexibility index (Phi) is 12.2. The summed E-state index contributed by atoms with van der Waals surface area (Å²) in [5.41, 5.74) is 13.9. The molecule has 2 aromatic rings. The predicted octanol–water partition coefficient (Wildman–Crippen LogP) is 0.786. The van der Waals surface area contributed by atoms with Crippen molar-refractivity contribution >= 4 is 52.3 Å². The van der Waals surface area contributed by atoms with E-state index in [2.05, 4.69) is 20.9 Å². The second-order valence-corrected chi connectivity index (χ2v) is 11.5. The number of benzene rings is 1. The van der Waals surface area contributed by atoms with Gasteiger partial charge in [0.05, 0.1) is 18.5 Å². The van der Waals surface area contributed by atoms with E-state index < -0.39 is 60.2 Å². The van der Waals surface area contributed by atoms with Crippen molar-refractivity contribution in [3.05, 3.63) is 36.0 Å². The number of imide groups is 1. The molecule has 3 rings (SSSR count). The van der Waals surface area contributed by atoms with Crippen LogP contribution in [-0.2, 0) is 30.4 Å². The Bertz CT molecular complexity index is 1230. The van der Waals surface area contributed by atoms with E-state index in [1.54, 1.807) is 6.20 Å². The lowest BCUT2D eigenvalue weighted by Gasteiger charge is -2.24. The van der Waals surface area contributed by atoms with Gasteiger partial charge in [-0.2, -0.15) is 11.8 Å². The molecule has 1 aliphatic carbocycles. The summed E-state index contributed by atoms with van der Waals surface area (Å²) in [5, 5.41) is 17.5. The Morgan fingerprint density at radius 3 is 2.34 bits per heavy atom. The maximum Gasteiger partial charge on any atom is 0.305 e.